The zero-order valence-corrected chi connectivity index (χ0v) is 18.3. The van der Waals surface area contributed by atoms with Crippen LogP contribution in [0.3, 0.4) is 0 Å². The lowest BCUT2D eigenvalue weighted by Crippen LogP contribution is -2.41. The Balaban J connectivity index is 1.32. The molecule has 3 aromatic rings. The maximum atomic E-state index is 12.9. The number of rotatable bonds is 5. The van der Waals surface area contributed by atoms with Gasteiger partial charge in [-0.15, -0.1) is 0 Å². The van der Waals surface area contributed by atoms with Crippen LogP contribution in [0.5, 0.6) is 0 Å². The lowest BCUT2D eigenvalue weighted by Gasteiger charge is -2.30. The molecule has 8 nitrogen and oxygen atoms in total. The van der Waals surface area contributed by atoms with E-state index in [0.717, 1.165) is 5.56 Å². The van der Waals surface area contributed by atoms with Crippen LogP contribution in [0.15, 0.2) is 71.3 Å². The molecule has 0 radical (unpaired) electrons. The van der Waals surface area contributed by atoms with Crippen LogP contribution in [-0.4, -0.2) is 35.8 Å². The van der Waals surface area contributed by atoms with Crippen molar-refractivity contribution in [2.24, 2.45) is 5.92 Å². The number of likely N-dealkylation sites (tertiary alicyclic amines) is 1. The molecule has 170 valence electrons. The predicted molar refractivity (Wildman–Crippen MR) is 126 cm³/mol. The molecule has 0 atom stereocenters. The number of amides is 4. The zero-order valence-electron chi connectivity index (χ0n) is 18.3. The summed E-state index contributed by atoms with van der Waals surface area (Å²) in [5.41, 5.74) is 2.80. The number of furan rings is 1. The van der Waals surface area contributed by atoms with Gasteiger partial charge in [0.1, 0.15) is 0 Å². The van der Waals surface area contributed by atoms with Gasteiger partial charge in [-0.1, -0.05) is 24.3 Å². The molecule has 0 bridgehead atoms. The molecule has 33 heavy (non-hydrogen) atoms. The van der Waals surface area contributed by atoms with E-state index in [4.69, 9.17) is 4.42 Å². The third-order valence-corrected chi connectivity index (χ3v) is 5.67. The highest BCUT2D eigenvalue weighted by atomic mass is 16.3. The van der Waals surface area contributed by atoms with Gasteiger partial charge in [0.2, 0.25) is 5.91 Å². The van der Waals surface area contributed by atoms with Crippen molar-refractivity contribution in [3.8, 4) is 0 Å². The molecule has 8 heteroatoms. The highest BCUT2D eigenvalue weighted by Crippen LogP contribution is 2.25. The number of nitrogens with zero attached hydrogens (tertiary/aromatic N) is 1. The van der Waals surface area contributed by atoms with Gasteiger partial charge in [0, 0.05) is 36.1 Å². The zero-order chi connectivity index (χ0) is 23.2. The van der Waals surface area contributed by atoms with Crippen LogP contribution in [0.1, 0.15) is 29.0 Å². The van der Waals surface area contributed by atoms with Gasteiger partial charge in [-0.3, -0.25) is 9.59 Å². The van der Waals surface area contributed by atoms with Gasteiger partial charge in [0.15, 0.2) is 5.76 Å². The molecule has 4 rings (SSSR count). The van der Waals surface area contributed by atoms with Crippen LogP contribution in [0, 0.1) is 12.8 Å². The number of benzene rings is 2. The van der Waals surface area contributed by atoms with E-state index in [1.54, 1.807) is 41.3 Å². The first-order valence-corrected chi connectivity index (χ1v) is 10.9. The largest absolute Gasteiger partial charge is 0.459 e. The van der Waals surface area contributed by atoms with Crippen molar-refractivity contribution in [2.45, 2.75) is 19.8 Å². The molecule has 3 N–H and O–H groups in total. The van der Waals surface area contributed by atoms with E-state index in [-0.39, 0.29) is 23.8 Å². The third kappa shape index (κ3) is 5.60. The van der Waals surface area contributed by atoms with Crippen molar-refractivity contribution < 1.29 is 18.8 Å². The normalized spacial score (nSPS) is 13.9. The Morgan fingerprint density at radius 3 is 2.30 bits per heavy atom. The van der Waals surface area contributed by atoms with Crippen molar-refractivity contribution >= 4 is 34.9 Å². The van der Waals surface area contributed by atoms with Crippen LogP contribution in [0.2, 0.25) is 0 Å². The number of carbonyl (C=O) groups is 3. The summed E-state index contributed by atoms with van der Waals surface area (Å²) in [6, 6.07) is 17.5. The van der Waals surface area contributed by atoms with Crippen molar-refractivity contribution in [3.05, 3.63) is 78.3 Å². The second-order valence-corrected chi connectivity index (χ2v) is 8.01. The number of para-hydroxylation sites is 1. The van der Waals surface area contributed by atoms with E-state index < -0.39 is 0 Å². The van der Waals surface area contributed by atoms with Crippen molar-refractivity contribution in [1.82, 2.24) is 4.90 Å². The molecule has 4 amide bonds. The van der Waals surface area contributed by atoms with E-state index in [9.17, 15) is 14.4 Å². The van der Waals surface area contributed by atoms with Gasteiger partial charge in [-0.05, 0) is 61.7 Å². The summed E-state index contributed by atoms with van der Waals surface area (Å²) >= 11 is 0. The van der Waals surface area contributed by atoms with E-state index in [2.05, 4.69) is 16.0 Å². The number of carbonyl (C=O) groups excluding carboxylic acids is 3. The Morgan fingerprint density at radius 1 is 0.879 bits per heavy atom. The summed E-state index contributed by atoms with van der Waals surface area (Å²) in [4.78, 5) is 39.3. The quantitative estimate of drug-likeness (QED) is 0.527. The second-order valence-electron chi connectivity index (χ2n) is 8.01. The Bertz CT molecular complexity index is 1120. The lowest BCUT2D eigenvalue weighted by atomic mass is 9.95. The number of piperidine rings is 1. The average Bonchev–Trinajstić information content (AvgIpc) is 3.36. The fourth-order valence-corrected chi connectivity index (χ4v) is 3.78. The maximum Gasteiger partial charge on any atom is 0.323 e. The molecule has 1 saturated heterocycles. The number of anilines is 3. The second kappa shape index (κ2) is 10.0. The molecule has 2 aromatic carbocycles. The third-order valence-electron chi connectivity index (χ3n) is 5.67. The summed E-state index contributed by atoms with van der Waals surface area (Å²) in [5, 5.41) is 8.53. The monoisotopic (exact) mass is 446 g/mol. The summed E-state index contributed by atoms with van der Waals surface area (Å²) < 4.78 is 5.18. The Labute approximate surface area is 192 Å². The minimum atomic E-state index is -0.365. The molecule has 0 saturated carbocycles. The molecular weight excluding hydrogens is 420 g/mol. The summed E-state index contributed by atoms with van der Waals surface area (Å²) in [6.45, 7) is 2.89. The van der Waals surface area contributed by atoms with Crippen LogP contribution in [0.25, 0.3) is 0 Å². The number of urea groups is 1. The molecule has 1 fully saturated rings. The smallest absolute Gasteiger partial charge is 0.323 e. The first-order valence-electron chi connectivity index (χ1n) is 10.9. The van der Waals surface area contributed by atoms with Crippen molar-refractivity contribution in [3.63, 3.8) is 0 Å². The minimum absolute atomic E-state index is 0.0888. The standard InChI is InChI=1S/C25H26N4O4/c1-17-9-10-20(27-25(32)26-19-6-3-2-4-7-19)16-21(17)28-23(30)18-11-13-29(14-12-18)24(31)22-8-5-15-33-22/h2-10,15-16,18H,11-14H2,1H3,(H,28,30)(H2,26,27,32). The van der Waals surface area contributed by atoms with Gasteiger partial charge in [-0.25, -0.2) is 4.79 Å². The molecule has 0 unspecified atom stereocenters. The summed E-state index contributed by atoms with van der Waals surface area (Å²) in [5.74, 6) is -0.117. The van der Waals surface area contributed by atoms with Crippen LogP contribution in [-0.2, 0) is 4.79 Å². The summed E-state index contributed by atoms with van der Waals surface area (Å²) in [7, 11) is 0. The van der Waals surface area contributed by atoms with E-state index >= 15 is 0 Å². The van der Waals surface area contributed by atoms with Crippen LogP contribution in [0.4, 0.5) is 21.9 Å². The Morgan fingerprint density at radius 2 is 1.61 bits per heavy atom. The van der Waals surface area contributed by atoms with Crippen molar-refractivity contribution in [1.29, 1.82) is 0 Å². The Kier molecular flexibility index (Phi) is 6.73. The number of aryl methyl sites for hydroxylation is 1. The highest BCUT2D eigenvalue weighted by Gasteiger charge is 2.29. The molecule has 1 aliphatic rings. The predicted octanol–water partition coefficient (Wildman–Crippen LogP) is 4.72. The van der Waals surface area contributed by atoms with E-state index in [1.807, 2.05) is 31.2 Å². The summed E-state index contributed by atoms with van der Waals surface area (Å²) in [6.07, 6.45) is 2.63. The first kappa shape index (κ1) is 22.1. The number of hydrogen-bond acceptors (Lipinski definition) is 4. The minimum Gasteiger partial charge on any atom is -0.459 e. The van der Waals surface area contributed by atoms with Gasteiger partial charge >= 0.3 is 6.03 Å². The van der Waals surface area contributed by atoms with Gasteiger partial charge in [0.05, 0.1) is 6.26 Å². The van der Waals surface area contributed by atoms with Crippen LogP contribution < -0.4 is 16.0 Å². The number of hydrogen-bond donors (Lipinski definition) is 3. The molecule has 1 aliphatic heterocycles. The molecule has 0 aliphatic carbocycles. The maximum absolute atomic E-state index is 12.9. The molecule has 2 heterocycles. The van der Waals surface area contributed by atoms with E-state index in [1.165, 1.54) is 6.26 Å². The fraction of sp³-hybridized carbons (Fsp3) is 0.240. The van der Waals surface area contributed by atoms with Gasteiger partial charge in [0.25, 0.3) is 5.91 Å². The topological polar surface area (TPSA) is 104 Å². The van der Waals surface area contributed by atoms with E-state index in [0.29, 0.717) is 48.8 Å². The van der Waals surface area contributed by atoms with Crippen LogP contribution >= 0.6 is 0 Å². The van der Waals surface area contributed by atoms with Gasteiger partial charge in [-0.2, -0.15) is 0 Å². The van der Waals surface area contributed by atoms with Gasteiger partial charge < -0.3 is 25.3 Å². The molecule has 0 spiro atoms. The highest BCUT2D eigenvalue weighted by molar-refractivity contribution is 6.01. The first-order chi connectivity index (χ1) is 16.0. The fourth-order valence-electron chi connectivity index (χ4n) is 3.78. The Hall–Kier alpha value is -4.07. The number of nitrogens with one attached hydrogen (secondary N) is 3. The van der Waals surface area contributed by atoms with Crippen molar-refractivity contribution in [2.75, 3.05) is 29.0 Å². The SMILES string of the molecule is Cc1ccc(NC(=O)Nc2ccccc2)cc1NC(=O)C1CCN(C(=O)c2ccco2)CC1. The lowest BCUT2D eigenvalue weighted by molar-refractivity contribution is -0.121. The average molecular weight is 447 g/mol. The molecular formula is C25H26N4O4. The molecule has 1 aromatic heterocycles.